The van der Waals surface area contributed by atoms with Gasteiger partial charge in [0.1, 0.15) is 5.82 Å². The van der Waals surface area contributed by atoms with Crippen molar-refractivity contribution in [2.24, 2.45) is 0 Å². The van der Waals surface area contributed by atoms with Gasteiger partial charge in [-0.3, -0.25) is 9.59 Å². The Kier molecular flexibility index (Phi) is 4.38. The molecule has 6 nitrogen and oxygen atoms in total. The molecule has 0 radical (unpaired) electrons. The van der Waals surface area contributed by atoms with Gasteiger partial charge in [0.15, 0.2) is 0 Å². The number of hydrogen-bond donors (Lipinski definition) is 3. The molecule has 0 saturated carbocycles. The average molecular weight is 251 g/mol. The first-order chi connectivity index (χ1) is 8.35. The fourth-order valence-electron chi connectivity index (χ4n) is 1.18. The van der Waals surface area contributed by atoms with E-state index in [2.05, 4.69) is 15.6 Å². The molecule has 1 rings (SSSR count). The van der Waals surface area contributed by atoms with E-state index >= 15 is 0 Å². The van der Waals surface area contributed by atoms with E-state index in [1.807, 2.05) is 0 Å². The van der Waals surface area contributed by atoms with Crippen molar-refractivity contribution in [2.45, 2.75) is 26.3 Å². The zero-order valence-corrected chi connectivity index (χ0v) is 10.7. The summed E-state index contributed by atoms with van der Waals surface area (Å²) in [5.41, 5.74) is -0.0757. The van der Waals surface area contributed by atoms with Crippen LogP contribution in [0.5, 0.6) is 0 Å². The normalized spacial score (nSPS) is 10.9. The van der Waals surface area contributed by atoms with Crippen LogP contribution in [0.25, 0.3) is 0 Å². The number of nitrogens with zero attached hydrogens (tertiary/aromatic N) is 1. The van der Waals surface area contributed by atoms with Crippen LogP contribution < -0.4 is 10.6 Å². The smallest absolute Gasteiger partial charge is 0.314 e. The van der Waals surface area contributed by atoms with Gasteiger partial charge in [0.05, 0.1) is 12.1 Å². The van der Waals surface area contributed by atoms with Gasteiger partial charge in [0, 0.05) is 6.20 Å². The van der Waals surface area contributed by atoms with Crippen LogP contribution in [0.1, 0.15) is 19.4 Å². The number of carbonyl (C=O) groups is 2. The summed E-state index contributed by atoms with van der Waals surface area (Å²) in [5, 5.41) is 13.8. The fraction of sp³-hybridized carbons (Fsp3) is 0.417. The first kappa shape index (κ1) is 14.1. The summed E-state index contributed by atoms with van der Waals surface area (Å²) in [6.45, 7) is 4.75. The van der Waals surface area contributed by atoms with Crippen molar-refractivity contribution in [3.63, 3.8) is 0 Å². The van der Waals surface area contributed by atoms with Crippen LogP contribution in [0, 0.1) is 6.92 Å². The van der Waals surface area contributed by atoms with Gasteiger partial charge < -0.3 is 15.7 Å². The van der Waals surface area contributed by atoms with Crippen LogP contribution in [0.2, 0.25) is 0 Å². The Hall–Kier alpha value is -1.95. The summed E-state index contributed by atoms with van der Waals surface area (Å²) in [6.07, 6.45) is 1.53. The molecule has 0 aromatic carbocycles. The molecule has 0 aliphatic heterocycles. The quantitative estimate of drug-likeness (QED) is 0.670. The van der Waals surface area contributed by atoms with Gasteiger partial charge in [0.25, 0.3) is 0 Å². The number of aliphatic hydroxyl groups is 1. The second-order valence-electron chi connectivity index (χ2n) is 4.62. The number of nitrogens with one attached hydrogen (secondary N) is 2. The number of rotatable bonds is 3. The van der Waals surface area contributed by atoms with E-state index in [4.69, 9.17) is 5.11 Å². The van der Waals surface area contributed by atoms with E-state index in [9.17, 15) is 9.59 Å². The zero-order valence-electron chi connectivity index (χ0n) is 10.7. The van der Waals surface area contributed by atoms with Crippen molar-refractivity contribution in [3.05, 3.63) is 23.9 Å². The second-order valence-corrected chi connectivity index (χ2v) is 4.62. The summed E-state index contributed by atoms with van der Waals surface area (Å²) in [4.78, 5) is 27.1. The number of aliphatic hydroxyl groups excluding tert-OH is 1. The Labute approximate surface area is 105 Å². The number of aryl methyl sites for hydroxylation is 1. The predicted molar refractivity (Wildman–Crippen MR) is 66.9 cm³/mol. The van der Waals surface area contributed by atoms with Gasteiger partial charge >= 0.3 is 11.8 Å². The van der Waals surface area contributed by atoms with Gasteiger partial charge in [-0.25, -0.2) is 4.98 Å². The minimum Gasteiger partial charge on any atom is -0.394 e. The molecule has 0 atom stereocenters. The van der Waals surface area contributed by atoms with E-state index < -0.39 is 17.4 Å². The van der Waals surface area contributed by atoms with E-state index in [1.54, 1.807) is 32.9 Å². The predicted octanol–water partition coefficient (Wildman–Crippen LogP) is 0.216. The van der Waals surface area contributed by atoms with Crippen molar-refractivity contribution < 1.29 is 14.7 Å². The van der Waals surface area contributed by atoms with Crippen molar-refractivity contribution in [1.29, 1.82) is 0 Å². The highest BCUT2D eigenvalue weighted by atomic mass is 16.3. The minimum absolute atomic E-state index is 0.255. The maximum absolute atomic E-state index is 11.6. The summed E-state index contributed by atoms with van der Waals surface area (Å²) in [5.74, 6) is -1.27. The molecule has 98 valence electrons. The van der Waals surface area contributed by atoms with Crippen LogP contribution in [-0.4, -0.2) is 34.1 Å². The van der Waals surface area contributed by atoms with Gasteiger partial charge in [-0.2, -0.15) is 0 Å². The van der Waals surface area contributed by atoms with Crippen molar-refractivity contribution in [1.82, 2.24) is 10.3 Å². The molecular formula is C12H17N3O3. The van der Waals surface area contributed by atoms with Gasteiger partial charge in [-0.1, -0.05) is 6.07 Å². The average Bonchev–Trinajstić information content (AvgIpc) is 2.31. The third-order valence-electron chi connectivity index (χ3n) is 2.29. The van der Waals surface area contributed by atoms with Gasteiger partial charge in [0.2, 0.25) is 0 Å². The monoisotopic (exact) mass is 251 g/mol. The summed E-state index contributed by atoms with van der Waals surface area (Å²) < 4.78 is 0. The summed E-state index contributed by atoms with van der Waals surface area (Å²) in [7, 11) is 0. The fourth-order valence-corrected chi connectivity index (χ4v) is 1.18. The zero-order chi connectivity index (χ0) is 13.8. The van der Waals surface area contributed by atoms with E-state index in [-0.39, 0.29) is 6.61 Å². The molecule has 0 aliphatic rings. The maximum atomic E-state index is 11.6. The lowest BCUT2D eigenvalue weighted by Gasteiger charge is -2.22. The van der Waals surface area contributed by atoms with E-state index in [0.29, 0.717) is 5.82 Å². The topological polar surface area (TPSA) is 91.3 Å². The Balaban J connectivity index is 2.67. The summed E-state index contributed by atoms with van der Waals surface area (Å²) in [6, 6.07) is 3.51. The standard InChI is InChI=1S/C12H17N3O3/c1-8-5-4-6-13-9(8)14-10(17)11(18)15-12(2,3)7-16/h4-6,16H,7H2,1-3H3,(H,15,18)(H,13,14,17). The Bertz CT molecular complexity index is 458. The Morgan fingerprint density at radius 1 is 1.39 bits per heavy atom. The lowest BCUT2D eigenvalue weighted by atomic mass is 10.1. The van der Waals surface area contributed by atoms with Crippen molar-refractivity contribution in [3.8, 4) is 0 Å². The maximum Gasteiger partial charge on any atom is 0.314 e. The lowest BCUT2D eigenvalue weighted by molar-refractivity contribution is -0.137. The molecule has 3 N–H and O–H groups in total. The molecular weight excluding hydrogens is 234 g/mol. The van der Waals surface area contributed by atoms with E-state index in [1.165, 1.54) is 6.20 Å². The highest BCUT2D eigenvalue weighted by Gasteiger charge is 2.24. The minimum atomic E-state index is -0.840. The molecule has 1 aromatic rings. The first-order valence-corrected chi connectivity index (χ1v) is 5.52. The number of amides is 2. The van der Waals surface area contributed by atoms with Crippen molar-refractivity contribution >= 4 is 17.6 Å². The first-order valence-electron chi connectivity index (χ1n) is 5.52. The molecule has 0 spiro atoms. The number of aromatic nitrogens is 1. The summed E-state index contributed by atoms with van der Waals surface area (Å²) >= 11 is 0. The number of hydrogen-bond acceptors (Lipinski definition) is 4. The number of pyridine rings is 1. The lowest BCUT2D eigenvalue weighted by Crippen LogP contribution is -2.50. The van der Waals surface area contributed by atoms with Gasteiger partial charge in [-0.15, -0.1) is 0 Å². The molecule has 0 fully saturated rings. The Morgan fingerprint density at radius 3 is 2.61 bits per heavy atom. The molecule has 0 unspecified atom stereocenters. The molecule has 18 heavy (non-hydrogen) atoms. The van der Waals surface area contributed by atoms with Crippen LogP contribution in [0.3, 0.4) is 0 Å². The highest BCUT2D eigenvalue weighted by molar-refractivity contribution is 6.39. The third-order valence-corrected chi connectivity index (χ3v) is 2.29. The SMILES string of the molecule is Cc1cccnc1NC(=O)C(=O)NC(C)(C)CO. The Morgan fingerprint density at radius 2 is 2.06 bits per heavy atom. The molecule has 2 amide bonds. The molecule has 1 aromatic heterocycles. The van der Waals surface area contributed by atoms with Crippen LogP contribution in [-0.2, 0) is 9.59 Å². The van der Waals surface area contributed by atoms with Crippen LogP contribution in [0.4, 0.5) is 5.82 Å². The molecule has 1 heterocycles. The second kappa shape index (κ2) is 5.59. The van der Waals surface area contributed by atoms with Crippen molar-refractivity contribution in [2.75, 3.05) is 11.9 Å². The molecule has 0 saturated heterocycles. The molecule has 0 bridgehead atoms. The number of anilines is 1. The van der Waals surface area contributed by atoms with Gasteiger partial charge in [-0.05, 0) is 32.4 Å². The number of carbonyl (C=O) groups excluding carboxylic acids is 2. The van der Waals surface area contributed by atoms with E-state index in [0.717, 1.165) is 5.56 Å². The molecule has 0 aliphatic carbocycles. The highest BCUT2D eigenvalue weighted by Crippen LogP contribution is 2.09. The largest absolute Gasteiger partial charge is 0.394 e. The third kappa shape index (κ3) is 3.81. The molecule has 6 heteroatoms. The van der Waals surface area contributed by atoms with Crippen LogP contribution in [0.15, 0.2) is 18.3 Å². The van der Waals surface area contributed by atoms with Crippen LogP contribution >= 0.6 is 0 Å².